The van der Waals surface area contributed by atoms with Crippen molar-refractivity contribution in [2.75, 3.05) is 23.7 Å². The highest BCUT2D eigenvalue weighted by atomic mass is 16.2. The molecule has 0 aliphatic carbocycles. The summed E-state index contributed by atoms with van der Waals surface area (Å²) in [4.78, 5) is 26.5. The average Bonchev–Trinajstić information content (AvgIpc) is 3.16. The van der Waals surface area contributed by atoms with Gasteiger partial charge in [0.25, 0.3) is 5.91 Å². The van der Waals surface area contributed by atoms with Gasteiger partial charge in [0.1, 0.15) is 6.04 Å². The fourth-order valence-electron chi connectivity index (χ4n) is 3.00. The summed E-state index contributed by atoms with van der Waals surface area (Å²) in [6, 6.07) is 16.2. The molecule has 1 aliphatic rings. The van der Waals surface area contributed by atoms with Gasteiger partial charge in [-0.3, -0.25) is 9.59 Å². The average molecular weight is 337 g/mol. The summed E-state index contributed by atoms with van der Waals surface area (Å²) in [6.45, 7) is 3.56. The van der Waals surface area contributed by atoms with Gasteiger partial charge in [-0.15, -0.1) is 0 Å². The van der Waals surface area contributed by atoms with Crippen LogP contribution in [0, 0.1) is 0 Å². The molecule has 1 heterocycles. The minimum absolute atomic E-state index is 0.122. The first-order chi connectivity index (χ1) is 12.1. The molecule has 1 fully saturated rings. The third kappa shape index (κ3) is 4.38. The molecule has 2 aromatic carbocycles. The Balaban J connectivity index is 1.63. The molecule has 5 nitrogen and oxygen atoms in total. The van der Waals surface area contributed by atoms with Gasteiger partial charge in [0.15, 0.2) is 0 Å². The zero-order valence-corrected chi connectivity index (χ0v) is 14.4. The number of likely N-dealkylation sites (tertiary alicyclic amines) is 1. The maximum atomic E-state index is 12.4. The van der Waals surface area contributed by atoms with Crippen LogP contribution in [0.1, 0.15) is 30.1 Å². The minimum atomic E-state index is -0.293. The molecule has 1 atom stereocenters. The van der Waals surface area contributed by atoms with Gasteiger partial charge in [-0.25, -0.2) is 0 Å². The van der Waals surface area contributed by atoms with Gasteiger partial charge >= 0.3 is 0 Å². The number of carbonyl (C=O) groups excluding carboxylic acids is 2. The molecule has 0 aromatic heterocycles. The van der Waals surface area contributed by atoms with Crippen molar-refractivity contribution in [2.24, 2.45) is 0 Å². The molecular formula is C20H23N3O2. The molecule has 1 saturated heterocycles. The maximum Gasteiger partial charge on any atom is 0.255 e. The summed E-state index contributed by atoms with van der Waals surface area (Å²) in [7, 11) is 0. The number of amides is 2. The van der Waals surface area contributed by atoms with E-state index in [1.165, 1.54) is 0 Å². The summed E-state index contributed by atoms with van der Waals surface area (Å²) in [5, 5.41) is 6.11. The zero-order chi connectivity index (χ0) is 17.6. The topological polar surface area (TPSA) is 61.4 Å². The van der Waals surface area contributed by atoms with Crippen LogP contribution in [0.4, 0.5) is 11.4 Å². The number of nitrogens with zero attached hydrogens (tertiary/aromatic N) is 1. The van der Waals surface area contributed by atoms with Crippen molar-refractivity contribution < 1.29 is 9.59 Å². The predicted octanol–water partition coefficient (Wildman–Crippen LogP) is 3.36. The van der Waals surface area contributed by atoms with E-state index in [0.717, 1.165) is 31.6 Å². The molecular weight excluding hydrogens is 314 g/mol. The highest BCUT2D eigenvalue weighted by molar-refractivity contribution is 6.04. The molecule has 1 aliphatic heterocycles. The third-order valence-electron chi connectivity index (χ3n) is 4.33. The number of carbonyl (C=O) groups is 2. The lowest BCUT2D eigenvalue weighted by Gasteiger charge is -2.22. The number of benzene rings is 2. The van der Waals surface area contributed by atoms with E-state index in [0.29, 0.717) is 11.3 Å². The molecule has 0 bridgehead atoms. The normalized spacial score (nSPS) is 14.8. The summed E-state index contributed by atoms with van der Waals surface area (Å²) < 4.78 is 0. The largest absolute Gasteiger partial charge is 0.374 e. The highest BCUT2D eigenvalue weighted by Gasteiger charge is 2.23. The molecule has 2 N–H and O–H groups in total. The van der Waals surface area contributed by atoms with Crippen LogP contribution in [0.25, 0.3) is 0 Å². The van der Waals surface area contributed by atoms with Gasteiger partial charge in [-0.1, -0.05) is 24.3 Å². The zero-order valence-electron chi connectivity index (χ0n) is 14.4. The van der Waals surface area contributed by atoms with Crippen molar-refractivity contribution in [3.05, 3.63) is 60.2 Å². The molecule has 2 aromatic rings. The standard InChI is InChI=1S/C20H23N3O2/c1-15(20(25)23-12-5-6-13-23)21-17-10-7-11-18(14-17)22-19(24)16-8-3-2-4-9-16/h2-4,7-11,14-15,21H,5-6,12-13H2,1H3,(H,22,24)/t15-/m0/s1. The fourth-order valence-corrected chi connectivity index (χ4v) is 3.00. The first-order valence-electron chi connectivity index (χ1n) is 8.65. The van der Waals surface area contributed by atoms with E-state index in [2.05, 4.69) is 10.6 Å². The lowest BCUT2D eigenvalue weighted by molar-refractivity contribution is -0.130. The summed E-state index contributed by atoms with van der Waals surface area (Å²) in [5.74, 6) is -0.0323. The lowest BCUT2D eigenvalue weighted by Crippen LogP contribution is -2.39. The number of anilines is 2. The molecule has 25 heavy (non-hydrogen) atoms. The second-order valence-corrected chi connectivity index (χ2v) is 6.30. The van der Waals surface area contributed by atoms with Gasteiger partial charge in [-0.05, 0) is 50.1 Å². The van der Waals surface area contributed by atoms with E-state index in [4.69, 9.17) is 0 Å². The van der Waals surface area contributed by atoms with Gasteiger partial charge in [0.2, 0.25) is 5.91 Å². The monoisotopic (exact) mass is 337 g/mol. The van der Waals surface area contributed by atoms with Crippen molar-refractivity contribution in [1.29, 1.82) is 0 Å². The van der Waals surface area contributed by atoms with Gasteiger partial charge in [-0.2, -0.15) is 0 Å². The first-order valence-corrected chi connectivity index (χ1v) is 8.65. The Labute approximate surface area is 148 Å². The lowest BCUT2D eigenvalue weighted by atomic mass is 10.2. The Morgan fingerprint density at radius 2 is 1.64 bits per heavy atom. The summed E-state index contributed by atoms with van der Waals surface area (Å²) in [5.41, 5.74) is 2.11. The molecule has 0 spiro atoms. The van der Waals surface area contributed by atoms with Crippen LogP contribution in [0.2, 0.25) is 0 Å². The van der Waals surface area contributed by atoms with Crippen LogP contribution in [0.3, 0.4) is 0 Å². The SMILES string of the molecule is C[C@H](Nc1cccc(NC(=O)c2ccccc2)c1)C(=O)N1CCCC1. The van der Waals surface area contributed by atoms with Crippen molar-refractivity contribution in [2.45, 2.75) is 25.8 Å². The highest BCUT2D eigenvalue weighted by Crippen LogP contribution is 2.18. The quantitative estimate of drug-likeness (QED) is 0.879. The number of nitrogens with one attached hydrogen (secondary N) is 2. The molecule has 3 rings (SSSR count). The Morgan fingerprint density at radius 1 is 0.960 bits per heavy atom. The molecule has 2 amide bonds. The van der Waals surface area contributed by atoms with Crippen molar-refractivity contribution in [3.8, 4) is 0 Å². The Bertz CT molecular complexity index is 740. The van der Waals surface area contributed by atoms with Crippen molar-refractivity contribution >= 4 is 23.2 Å². The molecule has 0 saturated carbocycles. The van der Waals surface area contributed by atoms with Crippen molar-refractivity contribution in [3.63, 3.8) is 0 Å². The van der Waals surface area contributed by atoms with E-state index in [-0.39, 0.29) is 17.9 Å². The minimum Gasteiger partial charge on any atom is -0.374 e. The molecule has 0 radical (unpaired) electrons. The Kier molecular flexibility index (Phi) is 5.33. The first kappa shape index (κ1) is 17.0. The Hall–Kier alpha value is -2.82. The van der Waals surface area contributed by atoms with Gasteiger partial charge < -0.3 is 15.5 Å². The number of hydrogen-bond acceptors (Lipinski definition) is 3. The van der Waals surface area contributed by atoms with Crippen molar-refractivity contribution in [1.82, 2.24) is 4.90 Å². The maximum absolute atomic E-state index is 12.4. The van der Waals surface area contributed by atoms with Crippen LogP contribution >= 0.6 is 0 Å². The van der Waals surface area contributed by atoms with Crippen LogP contribution in [-0.2, 0) is 4.79 Å². The van der Waals surface area contributed by atoms with E-state index in [1.54, 1.807) is 12.1 Å². The van der Waals surface area contributed by atoms with Crippen LogP contribution in [0.15, 0.2) is 54.6 Å². The number of hydrogen-bond donors (Lipinski definition) is 2. The molecule has 130 valence electrons. The van der Waals surface area contributed by atoms with Crippen LogP contribution < -0.4 is 10.6 Å². The van der Waals surface area contributed by atoms with Crippen LogP contribution in [-0.4, -0.2) is 35.8 Å². The van der Waals surface area contributed by atoms with E-state index < -0.39 is 0 Å². The fraction of sp³-hybridized carbons (Fsp3) is 0.300. The predicted molar refractivity (Wildman–Crippen MR) is 99.7 cm³/mol. The third-order valence-corrected chi connectivity index (χ3v) is 4.33. The Morgan fingerprint density at radius 3 is 2.36 bits per heavy atom. The van der Waals surface area contributed by atoms with Crippen LogP contribution in [0.5, 0.6) is 0 Å². The molecule has 5 heteroatoms. The second kappa shape index (κ2) is 7.83. The summed E-state index contributed by atoms with van der Waals surface area (Å²) >= 11 is 0. The van der Waals surface area contributed by atoms with E-state index in [9.17, 15) is 9.59 Å². The van der Waals surface area contributed by atoms with E-state index >= 15 is 0 Å². The van der Waals surface area contributed by atoms with E-state index in [1.807, 2.05) is 54.3 Å². The summed E-state index contributed by atoms with van der Waals surface area (Å²) in [6.07, 6.45) is 2.17. The second-order valence-electron chi connectivity index (χ2n) is 6.30. The smallest absolute Gasteiger partial charge is 0.255 e. The number of rotatable bonds is 5. The van der Waals surface area contributed by atoms with Gasteiger partial charge in [0, 0.05) is 30.0 Å². The molecule has 0 unspecified atom stereocenters. The van der Waals surface area contributed by atoms with Gasteiger partial charge in [0.05, 0.1) is 0 Å².